The largest absolute Gasteiger partial charge is 0.338 e. The van der Waals surface area contributed by atoms with E-state index in [1.165, 1.54) is 12.3 Å². The van der Waals surface area contributed by atoms with Gasteiger partial charge in [0.15, 0.2) is 0 Å². The van der Waals surface area contributed by atoms with E-state index in [1.807, 2.05) is 17.8 Å². The first-order valence-electron chi connectivity index (χ1n) is 5.49. The highest BCUT2D eigenvalue weighted by Crippen LogP contribution is 2.15. The van der Waals surface area contributed by atoms with Crippen molar-refractivity contribution < 1.29 is 4.39 Å². The summed E-state index contributed by atoms with van der Waals surface area (Å²) in [6, 6.07) is 1.21. The van der Waals surface area contributed by atoms with Crippen LogP contribution in [-0.4, -0.2) is 14.5 Å². The van der Waals surface area contributed by atoms with Gasteiger partial charge in [-0.05, 0) is 18.1 Å². The summed E-state index contributed by atoms with van der Waals surface area (Å²) < 4.78 is 14.9. The number of hydrogen-bond acceptors (Lipinski definition) is 3. The second-order valence-corrected chi connectivity index (χ2v) is 4.04. The number of aromatic nitrogens is 3. The van der Waals surface area contributed by atoms with Crippen LogP contribution in [0.5, 0.6) is 0 Å². The third-order valence-corrected chi connectivity index (χ3v) is 2.75. The molecule has 0 saturated carbocycles. The van der Waals surface area contributed by atoms with Gasteiger partial charge in [-0.1, -0.05) is 0 Å². The lowest BCUT2D eigenvalue weighted by molar-refractivity contribution is 0.592. The van der Waals surface area contributed by atoms with E-state index in [0.717, 1.165) is 24.2 Å². The molecule has 0 aliphatic carbocycles. The van der Waals surface area contributed by atoms with Gasteiger partial charge in [-0.15, -0.1) is 0 Å². The summed E-state index contributed by atoms with van der Waals surface area (Å²) in [5.41, 5.74) is 6.71. The highest BCUT2D eigenvalue weighted by molar-refractivity contribution is 5.14. The van der Waals surface area contributed by atoms with Crippen molar-refractivity contribution in [1.82, 2.24) is 14.5 Å². The molecular formula is C12H15FN4. The Labute approximate surface area is 99.3 Å². The lowest BCUT2D eigenvalue weighted by Crippen LogP contribution is -2.13. The van der Waals surface area contributed by atoms with Crippen LogP contribution in [0.1, 0.15) is 23.9 Å². The van der Waals surface area contributed by atoms with Crippen LogP contribution in [0.25, 0.3) is 0 Å². The van der Waals surface area contributed by atoms with Crippen molar-refractivity contribution in [3.63, 3.8) is 0 Å². The van der Waals surface area contributed by atoms with Gasteiger partial charge in [-0.3, -0.25) is 4.98 Å². The molecule has 1 unspecified atom stereocenters. The summed E-state index contributed by atoms with van der Waals surface area (Å²) in [6.45, 7) is 0. The van der Waals surface area contributed by atoms with E-state index < -0.39 is 0 Å². The lowest BCUT2D eigenvalue weighted by Gasteiger charge is -2.11. The van der Waals surface area contributed by atoms with Gasteiger partial charge < -0.3 is 10.3 Å². The van der Waals surface area contributed by atoms with Gasteiger partial charge in [0.1, 0.15) is 11.6 Å². The van der Waals surface area contributed by atoms with Crippen LogP contribution in [0.15, 0.2) is 30.9 Å². The standard InChI is InChI=1S/C12H15FN4/c1-17-5-4-16-12(17)3-2-11(14)9-6-10(13)8-15-7-9/h4-8,11H,2-3,14H2,1H3. The van der Waals surface area contributed by atoms with Gasteiger partial charge >= 0.3 is 0 Å². The molecule has 0 saturated heterocycles. The maximum atomic E-state index is 13.0. The molecule has 1 atom stereocenters. The number of halogens is 1. The first-order valence-corrected chi connectivity index (χ1v) is 5.49. The summed E-state index contributed by atoms with van der Waals surface area (Å²) in [4.78, 5) is 8.01. The Kier molecular flexibility index (Phi) is 3.49. The summed E-state index contributed by atoms with van der Waals surface area (Å²) in [7, 11) is 1.94. The maximum Gasteiger partial charge on any atom is 0.141 e. The number of aryl methyl sites for hydroxylation is 2. The second-order valence-electron chi connectivity index (χ2n) is 4.04. The first kappa shape index (κ1) is 11.7. The zero-order valence-electron chi connectivity index (χ0n) is 9.68. The minimum absolute atomic E-state index is 0.213. The van der Waals surface area contributed by atoms with Crippen molar-refractivity contribution in [3.8, 4) is 0 Å². The van der Waals surface area contributed by atoms with Crippen molar-refractivity contribution in [2.75, 3.05) is 0 Å². The Morgan fingerprint density at radius 2 is 2.29 bits per heavy atom. The molecule has 2 N–H and O–H groups in total. The van der Waals surface area contributed by atoms with Crippen LogP contribution in [0, 0.1) is 5.82 Å². The molecule has 5 heteroatoms. The summed E-state index contributed by atoms with van der Waals surface area (Å²) in [6.07, 6.45) is 7.91. The van der Waals surface area contributed by atoms with E-state index >= 15 is 0 Å². The van der Waals surface area contributed by atoms with Crippen LogP contribution >= 0.6 is 0 Å². The minimum Gasteiger partial charge on any atom is -0.338 e. The van der Waals surface area contributed by atoms with E-state index in [4.69, 9.17) is 5.73 Å². The highest BCUT2D eigenvalue weighted by atomic mass is 19.1. The molecular weight excluding hydrogens is 219 g/mol. The topological polar surface area (TPSA) is 56.7 Å². The van der Waals surface area contributed by atoms with Gasteiger partial charge in [-0.2, -0.15) is 0 Å². The molecule has 0 aliphatic rings. The number of nitrogens with zero attached hydrogens (tertiary/aromatic N) is 3. The molecule has 0 amide bonds. The van der Waals surface area contributed by atoms with Crippen LogP contribution in [0.4, 0.5) is 4.39 Å². The van der Waals surface area contributed by atoms with Crippen LogP contribution in [0.3, 0.4) is 0 Å². The van der Waals surface area contributed by atoms with E-state index in [-0.39, 0.29) is 11.9 Å². The summed E-state index contributed by atoms with van der Waals surface area (Å²) in [5, 5.41) is 0. The van der Waals surface area contributed by atoms with Crippen molar-refractivity contribution >= 4 is 0 Å². The van der Waals surface area contributed by atoms with E-state index in [2.05, 4.69) is 9.97 Å². The molecule has 90 valence electrons. The fourth-order valence-electron chi connectivity index (χ4n) is 1.72. The smallest absolute Gasteiger partial charge is 0.141 e. The number of imidazole rings is 1. The number of rotatable bonds is 4. The molecule has 2 aromatic rings. The Bertz CT molecular complexity index is 495. The molecule has 0 aromatic carbocycles. The fraction of sp³-hybridized carbons (Fsp3) is 0.333. The molecule has 17 heavy (non-hydrogen) atoms. The van der Waals surface area contributed by atoms with Gasteiger partial charge in [0, 0.05) is 38.1 Å². The van der Waals surface area contributed by atoms with Crippen molar-refractivity contribution in [2.45, 2.75) is 18.9 Å². The van der Waals surface area contributed by atoms with Crippen LogP contribution in [0.2, 0.25) is 0 Å². The van der Waals surface area contributed by atoms with Gasteiger partial charge in [0.2, 0.25) is 0 Å². The van der Waals surface area contributed by atoms with Crippen LogP contribution in [-0.2, 0) is 13.5 Å². The average molecular weight is 234 g/mol. The quantitative estimate of drug-likeness (QED) is 0.874. The van der Waals surface area contributed by atoms with Crippen molar-refractivity contribution in [2.24, 2.45) is 12.8 Å². The normalized spacial score (nSPS) is 12.6. The number of pyridine rings is 1. The molecule has 2 heterocycles. The molecule has 0 fully saturated rings. The van der Waals surface area contributed by atoms with Crippen molar-refractivity contribution in [1.29, 1.82) is 0 Å². The maximum absolute atomic E-state index is 13.0. The minimum atomic E-state index is -0.352. The Hall–Kier alpha value is -1.75. The van der Waals surface area contributed by atoms with E-state index in [0.29, 0.717) is 0 Å². The SMILES string of the molecule is Cn1ccnc1CCC(N)c1cncc(F)c1. The third-order valence-electron chi connectivity index (χ3n) is 2.75. The number of nitrogens with two attached hydrogens (primary N) is 1. The predicted molar refractivity (Wildman–Crippen MR) is 62.7 cm³/mol. The average Bonchev–Trinajstić information content (AvgIpc) is 2.72. The Morgan fingerprint density at radius 3 is 2.94 bits per heavy atom. The second kappa shape index (κ2) is 5.05. The zero-order chi connectivity index (χ0) is 12.3. The van der Waals surface area contributed by atoms with Crippen molar-refractivity contribution in [3.05, 3.63) is 48.1 Å². The van der Waals surface area contributed by atoms with E-state index in [1.54, 1.807) is 12.4 Å². The van der Waals surface area contributed by atoms with Gasteiger partial charge in [-0.25, -0.2) is 9.37 Å². The van der Waals surface area contributed by atoms with E-state index in [9.17, 15) is 4.39 Å². The summed E-state index contributed by atoms with van der Waals surface area (Å²) in [5.74, 6) is 0.625. The molecule has 4 nitrogen and oxygen atoms in total. The molecule has 0 spiro atoms. The number of hydrogen-bond donors (Lipinski definition) is 1. The lowest BCUT2D eigenvalue weighted by atomic mass is 10.0. The monoisotopic (exact) mass is 234 g/mol. The summed E-state index contributed by atoms with van der Waals surface area (Å²) >= 11 is 0. The highest BCUT2D eigenvalue weighted by Gasteiger charge is 2.09. The zero-order valence-corrected chi connectivity index (χ0v) is 9.68. The third kappa shape index (κ3) is 2.88. The van der Waals surface area contributed by atoms with Crippen LogP contribution < -0.4 is 5.73 Å². The Morgan fingerprint density at radius 1 is 1.47 bits per heavy atom. The predicted octanol–water partition coefficient (Wildman–Crippen LogP) is 1.59. The Balaban J connectivity index is 1.98. The molecule has 2 aromatic heterocycles. The fourth-order valence-corrected chi connectivity index (χ4v) is 1.72. The van der Waals surface area contributed by atoms with Gasteiger partial charge in [0.25, 0.3) is 0 Å². The molecule has 2 rings (SSSR count). The molecule has 0 radical (unpaired) electrons. The van der Waals surface area contributed by atoms with Gasteiger partial charge in [0.05, 0.1) is 6.20 Å². The first-order chi connectivity index (χ1) is 8.16. The molecule has 0 bridgehead atoms. The molecule has 0 aliphatic heterocycles.